The quantitative estimate of drug-likeness (QED) is 0.420. The Balaban J connectivity index is 1.89. The van der Waals surface area contributed by atoms with Gasteiger partial charge in [-0.05, 0) is 23.6 Å². The smallest absolute Gasteiger partial charge is 0.270 e. The standard InChI is InChI=1S/C19H22N4O5S/c1-2-15-3-5-16(6-4-15)14-20-21-18-8-7-17(23(24)25)13-19(18)29(26,27)22-9-11-28-12-10-22/h3-8,13-14,21H,2,9-12H2,1H3/b20-14-. The summed E-state index contributed by atoms with van der Waals surface area (Å²) in [4.78, 5) is 10.3. The molecule has 1 aliphatic heterocycles. The molecule has 0 saturated carbocycles. The highest BCUT2D eigenvalue weighted by Gasteiger charge is 2.30. The van der Waals surface area contributed by atoms with Crippen LogP contribution in [-0.2, 0) is 21.2 Å². The third kappa shape index (κ3) is 4.97. The molecule has 0 spiro atoms. The van der Waals surface area contributed by atoms with Gasteiger partial charge in [-0.15, -0.1) is 0 Å². The summed E-state index contributed by atoms with van der Waals surface area (Å²) in [6.07, 6.45) is 2.49. The fraction of sp³-hybridized carbons (Fsp3) is 0.316. The van der Waals surface area contributed by atoms with Crippen LogP contribution in [-0.4, -0.2) is 50.2 Å². The van der Waals surface area contributed by atoms with Gasteiger partial charge in [-0.3, -0.25) is 15.5 Å². The van der Waals surface area contributed by atoms with Crippen molar-refractivity contribution < 1.29 is 18.1 Å². The third-order valence-corrected chi connectivity index (χ3v) is 6.49. The van der Waals surface area contributed by atoms with Crippen LogP contribution in [0.15, 0.2) is 52.5 Å². The second kappa shape index (κ2) is 9.12. The lowest BCUT2D eigenvalue weighted by Gasteiger charge is -2.26. The molecule has 0 radical (unpaired) electrons. The summed E-state index contributed by atoms with van der Waals surface area (Å²) in [7, 11) is -3.94. The fourth-order valence-electron chi connectivity index (χ4n) is 2.87. The van der Waals surface area contributed by atoms with Gasteiger partial charge < -0.3 is 4.74 Å². The van der Waals surface area contributed by atoms with Crippen molar-refractivity contribution in [2.45, 2.75) is 18.2 Å². The Morgan fingerprint density at radius 1 is 1.21 bits per heavy atom. The van der Waals surface area contributed by atoms with Crippen molar-refractivity contribution in [3.05, 3.63) is 63.7 Å². The topological polar surface area (TPSA) is 114 Å². The summed E-state index contributed by atoms with van der Waals surface area (Å²) >= 11 is 0. The summed E-state index contributed by atoms with van der Waals surface area (Å²) < 4.78 is 32.5. The lowest BCUT2D eigenvalue weighted by molar-refractivity contribution is -0.385. The highest BCUT2D eigenvalue weighted by atomic mass is 32.2. The number of ether oxygens (including phenoxy) is 1. The van der Waals surface area contributed by atoms with Crippen LogP contribution in [0.1, 0.15) is 18.1 Å². The molecule has 1 aliphatic rings. The number of aryl methyl sites for hydroxylation is 1. The Labute approximate surface area is 169 Å². The van der Waals surface area contributed by atoms with Crippen LogP contribution in [0.5, 0.6) is 0 Å². The van der Waals surface area contributed by atoms with Crippen molar-refractivity contribution in [3.8, 4) is 0 Å². The summed E-state index contributed by atoms with van der Waals surface area (Å²) in [6.45, 7) is 3.01. The molecule has 0 aromatic heterocycles. The van der Waals surface area contributed by atoms with Gasteiger partial charge in [0.1, 0.15) is 4.90 Å². The molecular formula is C19H22N4O5S. The van der Waals surface area contributed by atoms with E-state index in [1.165, 1.54) is 22.0 Å². The van der Waals surface area contributed by atoms with Crippen molar-refractivity contribution in [3.63, 3.8) is 0 Å². The highest BCUT2D eigenvalue weighted by Crippen LogP contribution is 2.29. The van der Waals surface area contributed by atoms with E-state index in [4.69, 9.17) is 4.74 Å². The van der Waals surface area contributed by atoms with E-state index in [9.17, 15) is 18.5 Å². The number of nitrogens with one attached hydrogen (secondary N) is 1. The molecule has 0 bridgehead atoms. The molecule has 2 aromatic rings. The Morgan fingerprint density at radius 3 is 2.52 bits per heavy atom. The number of nitrogens with zero attached hydrogens (tertiary/aromatic N) is 3. The number of nitro benzene ring substituents is 1. The average molecular weight is 418 g/mol. The van der Waals surface area contributed by atoms with E-state index in [-0.39, 0.29) is 42.6 Å². The maximum absolute atomic E-state index is 13.0. The zero-order chi connectivity index (χ0) is 20.9. The Morgan fingerprint density at radius 2 is 1.90 bits per heavy atom. The van der Waals surface area contributed by atoms with Gasteiger partial charge in [0, 0.05) is 25.2 Å². The number of nitro groups is 1. The zero-order valence-electron chi connectivity index (χ0n) is 15.9. The normalized spacial score (nSPS) is 15.5. The van der Waals surface area contributed by atoms with E-state index in [1.807, 2.05) is 24.3 Å². The average Bonchev–Trinajstić information content (AvgIpc) is 2.75. The minimum absolute atomic E-state index is 0.170. The molecule has 0 atom stereocenters. The summed E-state index contributed by atoms with van der Waals surface area (Å²) in [5.74, 6) is 0. The molecule has 2 aromatic carbocycles. The largest absolute Gasteiger partial charge is 0.379 e. The number of hydrogen-bond acceptors (Lipinski definition) is 7. The molecule has 0 unspecified atom stereocenters. The van der Waals surface area contributed by atoms with Crippen LogP contribution in [0.3, 0.4) is 0 Å². The number of rotatable bonds is 7. The van der Waals surface area contributed by atoms with E-state index >= 15 is 0 Å². The van der Waals surface area contributed by atoms with E-state index in [0.717, 1.165) is 18.1 Å². The minimum Gasteiger partial charge on any atom is -0.379 e. The van der Waals surface area contributed by atoms with E-state index in [1.54, 1.807) is 6.21 Å². The van der Waals surface area contributed by atoms with Crippen LogP contribution in [0, 0.1) is 10.1 Å². The van der Waals surface area contributed by atoms with Crippen molar-refractivity contribution in [2.24, 2.45) is 5.10 Å². The Bertz CT molecular complexity index is 1000. The maximum Gasteiger partial charge on any atom is 0.270 e. The van der Waals surface area contributed by atoms with Crippen LogP contribution in [0.4, 0.5) is 11.4 Å². The van der Waals surface area contributed by atoms with Gasteiger partial charge in [-0.1, -0.05) is 31.2 Å². The van der Waals surface area contributed by atoms with E-state index in [2.05, 4.69) is 17.5 Å². The molecular weight excluding hydrogens is 396 g/mol. The summed E-state index contributed by atoms with van der Waals surface area (Å²) in [5, 5.41) is 15.3. The van der Waals surface area contributed by atoms with Gasteiger partial charge in [0.2, 0.25) is 10.0 Å². The Hall–Kier alpha value is -2.82. The second-order valence-electron chi connectivity index (χ2n) is 6.42. The Kier molecular flexibility index (Phi) is 6.57. The third-order valence-electron chi connectivity index (χ3n) is 4.55. The SMILES string of the molecule is CCc1ccc(/C=N\Nc2ccc([N+](=O)[O-])cc2S(=O)(=O)N2CCOCC2)cc1. The first kappa shape index (κ1) is 20.9. The molecule has 154 valence electrons. The zero-order valence-corrected chi connectivity index (χ0v) is 16.8. The molecule has 10 heteroatoms. The van der Waals surface area contributed by atoms with Gasteiger partial charge in [-0.2, -0.15) is 9.41 Å². The van der Waals surface area contributed by atoms with Crippen molar-refractivity contribution in [2.75, 3.05) is 31.7 Å². The van der Waals surface area contributed by atoms with E-state index < -0.39 is 14.9 Å². The summed E-state index contributed by atoms with van der Waals surface area (Å²) in [6, 6.07) is 11.4. The maximum atomic E-state index is 13.0. The van der Waals surface area contributed by atoms with Crippen LogP contribution in [0.2, 0.25) is 0 Å². The first-order chi connectivity index (χ1) is 13.9. The molecule has 1 N–H and O–H groups in total. The number of sulfonamides is 1. The number of morpholine rings is 1. The van der Waals surface area contributed by atoms with Gasteiger partial charge in [0.25, 0.3) is 5.69 Å². The van der Waals surface area contributed by atoms with Crippen molar-refractivity contribution in [1.29, 1.82) is 0 Å². The molecule has 0 aliphatic carbocycles. The minimum atomic E-state index is -3.94. The van der Waals surface area contributed by atoms with Crippen molar-refractivity contribution in [1.82, 2.24) is 4.31 Å². The fourth-order valence-corrected chi connectivity index (χ4v) is 4.44. The van der Waals surface area contributed by atoms with Crippen LogP contribution in [0.25, 0.3) is 0 Å². The number of non-ortho nitro benzene ring substituents is 1. The first-order valence-electron chi connectivity index (χ1n) is 9.16. The van der Waals surface area contributed by atoms with E-state index in [0.29, 0.717) is 0 Å². The lowest BCUT2D eigenvalue weighted by Crippen LogP contribution is -2.40. The first-order valence-corrected chi connectivity index (χ1v) is 10.6. The van der Waals surface area contributed by atoms with Gasteiger partial charge >= 0.3 is 0 Å². The number of hydrogen-bond donors (Lipinski definition) is 1. The van der Waals surface area contributed by atoms with Gasteiger partial charge in [0.05, 0.1) is 30.0 Å². The van der Waals surface area contributed by atoms with Crippen molar-refractivity contribution >= 4 is 27.6 Å². The second-order valence-corrected chi connectivity index (χ2v) is 8.33. The summed E-state index contributed by atoms with van der Waals surface area (Å²) in [5.41, 5.74) is 4.62. The number of benzene rings is 2. The number of hydrazone groups is 1. The molecule has 0 amide bonds. The lowest BCUT2D eigenvalue weighted by atomic mass is 10.1. The monoisotopic (exact) mass is 418 g/mol. The molecule has 1 saturated heterocycles. The van der Waals surface area contributed by atoms with Crippen LogP contribution < -0.4 is 5.43 Å². The molecule has 9 nitrogen and oxygen atoms in total. The van der Waals surface area contributed by atoms with Crippen LogP contribution >= 0.6 is 0 Å². The van der Waals surface area contributed by atoms with Gasteiger partial charge in [0.15, 0.2) is 0 Å². The predicted octanol–water partition coefficient (Wildman–Crippen LogP) is 2.62. The molecule has 29 heavy (non-hydrogen) atoms. The highest BCUT2D eigenvalue weighted by molar-refractivity contribution is 7.89. The number of anilines is 1. The predicted molar refractivity (Wildman–Crippen MR) is 110 cm³/mol. The molecule has 1 fully saturated rings. The molecule has 3 rings (SSSR count). The van der Waals surface area contributed by atoms with Gasteiger partial charge in [-0.25, -0.2) is 8.42 Å². The molecule has 1 heterocycles.